The highest BCUT2D eigenvalue weighted by atomic mass is 32.1. The number of fused-ring (bicyclic) bond motifs is 3. The molecule has 3 atom stereocenters. The van der Waals surface area contributed by atoms with Gasteiger partial charge in [-0.1, -0.05) is 34.1 Å². The van der Waals surface area contributed by atoms with Crippen LogP contribution >= 0.6 is 11.3 Å². The van der Waals surface area contributed by atoms with Crippen LogP contribution in [0.15, 0.2) is 11.1 Å². The summed E-state index contributed by atoms with van der Waals surface area (Å²) < 4.78 is 7.08. The van der Waals surface area contributed by atoms with E-state index in [4.69, 9.17) is 4.74 Å². The maximum Gasteiger partial charge on any atom is 0.326 e. The van der Waals surface area contributed by atoms with Gasteiger partial charge in [-0.05, 0) is 61.3 Å². The van der Waals surface area contributed by atoms with Gasteiger partial charge in [-0.3, -0.25) is 14.2 Å². The van der Waals surface area contributed by atoms with Gasteiger partial charge in [0.25, 0.3) is 5.56 Å². The third-order valence-electron chi connectivity index (χ3n) is 6.75. The first-order chi connectivity index (χ1) is 13.7. The Morgan fingerprint density at radius 2 is 2.10 bits per heavy atom. The number of ether oxygens (including phenoxy) is 1. The Labute approximate surface area is 176 Å². The minimum Gasteiger partial charge on any atom is -0.461 e. The summed E-state index contributed by atoms with van der Waals surface area (Å²) in [5, 5.41) is 0.721. The topological polar surface area (TPSA) is 61.2 Å². The third kappa shape index (κ3) is 4.27. The SMILES string of the molecule is C[C@@H]1CCC[C@@H](OC(=O)Cn2cnc3sc4c(c3c2=O)CC[C@@H](C(C)(C)C)C4)C1. The maximum absolute atomic E-state index is 13.1. The molecule has 0 spiro atoms. The second-order valence-electron chi connectivity index (χ2n) is 10.1. The first kappa shape index (κ1) is 20.6. The molecule has 5 nitrogen and oxygen atoms in total. The summed E-state index contributed by atoms with van der Waals surface area (Å²) in [5.41, 5.74) is 1.32. The summed E-state index contributed by atoms with van der Waals surface area (Å²) in [5.74, 6) is 0.888. The lowest BCUT2D eigenvalue weighted by Gasteiger charge is -2.33. The van der Waals surface area contributed by atoms with Crippen LogP contribution in [0.2, 0.25) is 0 Å². The van der Waals surface area contributed by atoms with Crippen LogP contribution in [0.5, 0.6) is 0 Å². The molecule has 4 rings (SSSR count). The molecule has 29 heavy (non-hydrogen) atoms. The van der Waals surface area contributed by atoms with Gasteiger partial charge in [0.1, 0.15) is 17.5 Å². The molecule has 2 aliphatic rings. The van der Waals surface area contributed by atoms with Crippen LogP contribution in [0, 0.1) is 17.3 Å². The normalized spacial score (nSPS) is 25.0. The van der Waals surface area contributed by atoms with Crippen molar-refractivity contribution in [3.63, 3.8) is 0 Å². The van der Waals surface area contributed by atoms with E-state index < -0.39 is 0 Å². The number of hydrogen-bond acceptors (Lipinski definition) is 5. The molecule has 1 saturated carbocycles. The number of rotatable bonds is 3. The molecule has 2 aromatic heterocycles. The fourth-order valence-electron chi connectivity index (χ4n) is 4.90. The van der Waals surface area contributed by atoms with E-state index in [2.05, 4.69) is 32.7 Å². The molecule has 0 amide bonds. The van der Waals surface area contributed by atoms with Gasteiger partial charge in [0.2, 0.25) is 0 Å². The summed E-state index contributed by atoms with van der Waals surface area (Å²) in [6.07, 6.45) is 8.68. The molecule has 0 aromatic carbocycles. The van der Waals surface area contributed by atoms with E-state index in [1.807, 2.05) is 0 Å². The van der Waals surface area contributed by atoms with Gasteiger partial charge >= 0.3 is 5.97 Å². The van der Waals surface area contributed by atoms with E-state index in [-0.39, 0.29) is 29.6 Å². The fourth-order valence-corrected chi connectivity index (χ4v) is 6.16. The van der Waals surface area contributed by atoms with E-state index in [1.54, 1.807) is 11.3 Å². The van der Waals surface area contributed by atoms with Crippen molar-refractivity contribution in [3.05, 3.63) is 27.1 Å². The summed E-state index contributed by atoms with van der Waals surface area (Å²) in [6.45, 7) is 9.02. The fraction of sp³-hybridized carbons (Fsp3) is 0.696. The molecule has 158 valence electrons. The Kier molecular flexibility index (Phi) is 5.58. The highest BCUT2D eigenvalue weighted by molar-refractivity contribution is 7.18. The molecule has 0 aliphatic heterocycles. The molecule has 2 aliphatic carbocycles. The molecular formula is C23H32N2O3S. The third-order valence-corrected chi connectivity index (χ3v) is 7.91. The molecule has 6 heteroatoms. The second-order valence-corrected chi connectivity index (χ2v) is 11.1. The van der Waals surface area contributed by atoms with E-state index in [9.17, 15) is 9.59 Å². The van der Waals surface area contributed by atoms with Crippen molar-refractivity contribution < 1.29 is 9.53 Å². The molecule has 0 bridgehead atoms. The van der Waals surface area contributed by atoms with Crippen LogP contribution in [0.4, 0.5) is 0 Å². The van der Waals surface area contributed by atoms with Gasteiger partial charge in [-0.2, -0.15) is 0 Å². The minimum atomic E-state index is -0.329. The monoisotopic (exact) mass is 416 g/mol. The van der Waals surface area contributed by atoms with E-state index >= 15 is 0 Å². The van der Waals surface area contributed by atoms with Crippen molar-refractivity contribution in [1.82, 2.24) is 9.55 Å². The number of aryl methyl sites for hydroxylation is 1. The first-order valence-corrected chi connectivity index (χ1v) is 11.7. The predicted molar refractivity (Wildman–Crippen MR) is 116 cm³/mol. The number of nitrogens with zero attached hydrogens (tertiary/aromatic N) is 2. The van der Waals surface area contributed by atoms with Crippen molar-refractivity contribution in [2.75, 3.05) is 0 Å². The minimum absolute atomic E-state index is 0.0121. The Morgan fingerprint density at radius 1 is 1.31 bits per heavy atom. The maximum atomic E-state index is 13.1. The molecule has 0 radical (unpaired) electrons. The quantitative estimate of drug-likeness (QED) is 0.679. The zero-order chi connectivity index (χ0) is 20.8. The molecule has 1 fully saturated rings. The van der Waals surface area contributed by atoms with Crippen LogP contribution in [0.25, 0.3) is 10.2 Å². The largest absolute Gasteiger partial charge is 0.461 e. The first-order valence-electron chi connectivity index (χ1n) is 10.9. The van der Waals surface area contributed by atoms with Crippen LogP contribution in [-0.4, -0.2) is 21.6 Å². The molecule has 0 N–H and O–H groups in total. The number of carbonyl (C=O) groups is 1. The smallest absolute Gasteiger partial charge is 0.326 e. The van der Waals surface area contributed by atoms with Crippen molar-refractivity contribution in [2.24, 2.45) is 17.3 Å². The van der Waals surface area contributed by atoms with Crippen molar-refractivity contribution in [3.8, 4) is 0 Å². The van der Waals surface area contributed by atoms with Gasteiger partial charge in [-0.15, -0.1) is 11.3 Å². The lowest BCUT2D eigenvalue weighted by Crippen LogP contribution is -2.30. The molecule has 0 saturated heterocycles. The van der Waals surface area contributed by atoms with Gasteiger partial charge in [0.05, 0.1) is 11.7 Å². The van der Waals surface area contributed by atoms with Crippen molar-refractivity contribution >= 4 is 27.5 Å². The Hall–Kier alpha value is -1.69. The van der Waals surface area contributed by atoms with E-state index in [0.717, 1.165) is 54.3 Å². The van der Waals surface area contributed by atoms with Crippen LogP contribution in [0.3, 0.4) is 0 Å². The number of aromatic nitrogens is 2. The predicted octanol–water partition coefficient (Wildman–Crippen LogP) is 4.73. The Balaban J connectivity index is 1.54. The van der Waals surface area contributed by atoms with Gasteiger partial charge in [0, 0.05) is 4.88 Å². The lowest BCUT2D eigenvalue weighted by atomic mass is 9.72. The van der Waals surface area contributed by atoms with Gasteiger partial charge in [-0.25, -0.2) is 4.98 Å². The standard InChI is InChI=1S/C23H32N2O3S/c1-14-6-5-7-16(10-14)28-19(26)12-25-13-24-21-20(22(25)27)17-9-8-15(23(2,3)4)11-18(17)29-21/h13-16H,5-12H2,1-4H3/t14-,15-,16-/m1/s1. The number of hydrogen-bond donors (Lipinski definition) is 0. The van der Waals surface area contributed by atoms with E-state index in [1.165, 1.54) is 22.2 Å². The summed E-state index contributed by atoms with van der Waals surface area (Å²) >= 11 is 1.65. The zero-order valence-corrected chi connectivity index (χ0v) is 18.8. The Morgan fingerprint density at radius 3 is 2.83 bits per heavy atom. The molecule has 0 unspecified atom stereocenters. The average molecular weight is 417 g/mol. The zero-order valence-electron chi connectivity index (χ0n) is 18.0. The average Bonchev–Trinajstić information content (AvgIpc) is 3.01. The summed E-state index contributed by atoms with van der Waals surface area (Å²) in [4.78, 5) is 32.2. The Bertz CT molecular complexity index is 969. The van der Waals surface area contributed by atoms with Crippen LogP contribution in [-0.2, 0) is 28.9 Å². The van der Waals surface area contributed by atoms with Gasteiger partial charge in [0.15, 0.2) is 0 Å². The molecule has 2 heterocycles. The highest BCUT2D eigenvalue weighted by Crippen LogP contribution is 2.41. The summed E-state index contributed by atoms with van der Waals surface area (Å²) in [6, 6.07) is 0. The number of esters is 1. The number of thiophene rings is 1. The summed E-state index contributed by atoms with van der Waals surface area (Å²) in [7, 11) is 0. The van der Waals surface area contributed by atoms with Crippen LogP contribution < -0.4 is 5.56 Å². The van der Waals surface area contributed by atoms with Crippen molar-refractivity contribution in [2.45, 2.75) is 85.3 Å². The number of carbonyl (C=O) groups excluding carboxylic acids is 1. The van der Waals surface area contributed by atoms with E-state index in [0.29, 0.717) is 11.8 Å². The second kappa shape index (κ2) is 7.86. The van der Waals surface area contributed by atoms with Gasteiger partial charge < -0.3 is 4.74 Å². The van der Waals surface area contributed by atoms with Crippen LogP contribution in [0.1, 0.15) is 70.2 Å². The lowest BCUT2D eigenvalue weighted by molar-refractivity contribution is -0.152. The molecular weight excluding hydrogens is 384 g/mol. The molecule has 2 aromatic rings. The highest BCUT2D eigenvalue weighted by Gasteiger charge is 2.32. The van der Waals surface area contributed by atoms with Crippen molar-refractivity contribution in [1.29, 1.82) is 0 Å².